The van der Waals surface area contributed by atoms with Gasteiger partial charge in [-0.2, -0.15) is 13.2 Å². The zero-order valence-corrected chi connectivity index (χ0v) is 6.91. The van der Waals surface area contributed by atoms with Crippen molar-refractivity contribution in [3.8, 4) is 0 Å². The summed E-state index contributed by atoms with van der Waals surface area (Å²) in [7, 11) is -5.30. The number of halogens is 3. The number of alkyl halides is 3. The maximum atomic E-state index is 11.6. The molecule has 0 aromatic rings. The molecule has 0 fully saturated rings. The maximum absolute atomic E-state index is 11.6. The fourth-order valence-electron chi connectivity index (χ4n) is 0.312. The van der Waals surface area contributed by atoms with Gasteiger partial charge < -0.3 is 5.11 Å². The first-order chi connectivity index (χ1) is 5.17. The molecule has 8 heteroatoms. The van der Waals surface area contributed by atoms with Crippen LogP contribution in [0.3, 0.4) is 0 Å². The summed E-state index contributed by atoms with van der Waals surface area (Å²) in [5.74, 6) is 0. The van der Waals surface area contributed by atoms with Crippen molar-refractivity contribution in [1.29, 1.82) is 0 Å². The average Bonchev–Trinajstić information content (AvgIpc) is 1.81. The fraction of sp³-hybridized carbons (Fsp3) is 1.00. The van der Waals surface area contributed by atoms with Crippen molar-refractivity contribution in [2.24, 2.45) is 0 Å². The molecule has 0 heterocycles. The predicted molar refractivity (Wildman–Crippen MR) is 34.7 cm³/mol. The molecular weight excluding hydrogens is 199 g/mol. The van der Waals surface area contributed by atoms with Crippen LogP contribution in [0.5, 0.6) is 0 Å². The zero-order valence-electron chi connectivity index (χ0n) is 6.09. The van der Waals surface area contributed by atoms with Crippen molar-refractivity contribution in [2.45, 2.75) is 18.5 Å². The second-order valence-electron chi connectivity index (χ2n) is 2.15. The quantitative estimate of drug-likeness (QED) is 0.673. The van der Waals surface area contributed by atoms with Gasteiger partial charge in [-0.05, 0) is 6.92 Å². The first kappa shape index (κ1) is 11.7. The number of rotatable bonds is 3. The molecule has 0 amide bonds. The van der Waals surface area contributed by atoms with Gasteiger partial charge >= 0.3 is 15.5 Å². The maximum Gasteiger partial charge on any atom is 0.511 e. The van der Waals surface area contributed by atoms with Crippen LogP contribution in [0.4, 0.5) is 13.2 Å². The number of sulfonamides is 1. The first-order valence-corrected chi connectivity index (χ1v) is 4.39. The van der Waals surface area contributed by atoms with Gasteiger partial charge in [-0.15, -0.1) is 0 Å². The fourth-order valence-corrected chi connectivity index (χ4v) is 0.936. The smallest absolute Gasteiger partial charge is 0.392 e. The molecule has 0 rings (SSSR count). The normalized spacial score (nSPS) is 16.1. The number of nitrogens with one attached hydrogen (secondary N) is 1. The first-order valence-electron chi connectivity index (χ1n) is 2.91. The molecule has 0 aliphatic carbocycles. The number of hydrogen-bond donors (Lipinski definition) is 2. The van der Waals surface area contributed by atoms with E-state index in [1.807, 2.05) is 0 Å². The monoisotopic (exact) mass is 207 g/mol. The van der Waals surface area contributed by atoms with Crippen LogP contribution < -0.4 is 4.72 Å². The molecule has 12 heavy (non-hydrogen) atoms. The third-order valence-corrected chi connectivity index (χ3v) is 2.03. The predicted octanol–water partition coefficient (Wildman–Crippen LogP) is -0.194. The van der Waals surface area contributed by atoms with Crippen LogP contribution in [0.2, 0.25) is 0 Å². The van der Waals surface area contributed by atoms with Gasteiger partial charge in [0.15, 0.2) is 0 Å². The summed E-state index contributed by atoms with van der Waals surface area (Å²) in [6.07, 6.45) is -1.15. The van der Waals surface area contributed by atoms with Crippen molar-refractivity contribution in [2.75, 3.05) is 6.54 Å². The van der Waals surface area contributed by atoms with E-state index in [4.69, 9.17) is 5.11 Å². The SMILES string of the molecule is C[C@@H](O)CNS(=O)(=O)C(F)(F)F. The molecule has 0 aromatic heterocycles. The van der Waals surface area contributed by atoms with Gasteiger partial charge in [0, 0.05) is 6.54 Å². The van der Waals surface area contributed by atoms with Crippen molar-refractivity contribution in [3.05, 3.63) is 0 Å². The highest BCUT2D eigenvalue weighted by atomic mass is 32.2. The lowest BCUT2D eigenvalue weighted by atomic mass is 10.4. The summed E-state index contributed by atoms with van der Waals surface area (Å²) in [6, 6.07) is 0. The van der Waals surface area contributed by atoms with E-state index in [-0.39, 0.29) is 0 Å². The van der Waals surface area contributed by atoms with Gasteiger partial charge in [0.1, 0.15) is 0 Å². The second-order valence-corrected chi connectivity index (χ2v) is 3.91. The topological polar surface area (TPSA) is 66.4 Å². The Morgan fingerprint density at radius 3 is 2.17 bits per heavy atom. The summed E-state index contributed by atoms with van der Waals surface area (Å²) >= 11 is 0. The number of aliphatic hydroxyl groups excluding tert-OH is 1. The Kier molecular flexibility index (Phi) is 3.48. The van der Waals surface area contributed by atoms with Crippen LogP contribution in [0.15, 0.2) is 0 Å². The number of aliphatic hydroxyl groups is 1. The summed E-state index contributed by atoms with van der Waals surface area (Å²) in [4.78, 5) is 0. The molecule has 2 N–H and O–H groups in total. The Labute approximate surface area is 67.4 Å². The van der Waals surface area contributed by atoms with Crippen molar-refractivity contribution in [1.82, 2.24) is 4.72 Å². The summed E-state index contributed by atoms with van der Waals surface area (Å²) in [6.45, 7) is 0.515. The van der Waals surface area contributed by atoms with E-state index in [0.29, 0.717) is 0 Å². The minimum Gasteiger partial charge on any atom is -0.392 e. The van der Waals surface area contributed by atoms with Gasteiger partial charge in [0.25, 0.3) is 0 Å². The molecule has 0 bridgehead atoms. The van der Waals surface area contributed by atoms with Crippen LogP contribution in [0.1, 0.15) is 6.92 Å². The summed E-state index contributed by atoms with van der Waals surface area (Å²) < 4.78 is 56.3. The minimum atomic E-state index is -5.32. The molecule has 0 aromatic carbocycles. The van der Waals surface area contributed by atoms with Crippen molar-refractivity contribution >= 4 is 10.0 Å². The highest BCUT2D eigenvalue weighted by Crippen LogP contribution is 2.21. The van der Waals surface area contributed by atoms with Crippen molar-refractivity contribution in [3.63, 3.8) is 0 Å². The van der Waals surface area contributed by atoms with Gasteiger partial charge in [0.2, 0.25) is 0 Å². The van der Waals surface area contributed by atoms with Crippen molar-refractivity contribution < 1.29 is 26.7 Å². The Bertz CT molecular complexity index is 232. The molecule has 0 aliphatic heterocycles. The van der Waals surface area contributed by atoms with E-state index in [1.165, 1.54) is 11.6 Å². The highest BCUT2D eigenvalue weighted by molar-refractivity contribution is 7.90. The van der Waals surface area contributed by atoms with Gasteiger partial charge in [0.05, 0.1) is 6.10 Å². The molecule has 0 unspecified atom stereocenters. The molecule has 1 atom stereocenters. The van der Waals surface area contributed by atoms with Gasteiger partial charge in [-0.1, -0.05) is 0 Å². The van der Waals surface area contributed by atoms with E-state index >= 15 is 0 Å². The molecule has 74 valence electrons. The van der Waals surface area contributed by atoms with Crippen LogP contribution in [-0.4, -0.2) is 31.7 Å². The second kappa shape index (κ2) is 3.58. The molecular formula is C4H8F3NO3S. The Balaban J connectivity index is 4.27. The highest BCUT2D eigenvalue weighted by Gasteiger charge is 2.45. The standard InChI is InChI=1S/C4H8F3NO3S/c1-3(9)2-8-12(10,11)4(5,6)7/h3,8-9H,2H2,1H3/t3-/m1/s1. The zero-order chi connectivity index (χ0) is 9.99. The third kappa shape index (κ3) is 3.37. The lowest BCUT2D eigenvalue weighted by molar-refractivity contribution is -0.0449. The molecule has 0 saturated heterocycles. The molecule has 0 aliphatic rings. The molecule has 0 radical (unpaired) electrons. The van der Waals surface area contributed by atoms with Crippen LogP contribution in [-0.2, 0) is 10.0 Å². The Hall–Kier alpha value is -0.340. The van der Waals surface area contributed by atoms with Gasteiger partial charge in [-0.25, -0.2) is 13.1 Å². The van der Waals surface area contributed by atoms with Crippen LogP contribution >= 0.6 is 0 Å². The third-order valence-electron chi connectivity index (χ3n) is 0.873. The van der Waals surface area contributed by atoms with E-state index < -0.39 is 28.2 Å². The summed E-state index contributed by atoms with van der Waals surface area (Å²) in [5, 5.41) is 8.49. The van der Waals surface area contributed by atoms with Crippen LogP contribution in [0, 0.1) is 0 Å². The average molecular weight is 207 g/mol. The lowest BCUT2D eigenvalue weighted by Gasteiger charge is -2.09. The number of hydrogen-bond acceptors (Lipinski definition) is 3. The van der Waals surface area contributed by atoms with E-state index in [0.717, 1.165) is 0 Å². The van der Waals surface area contributed by atoms with E-state index in [9.17, 15) is 21.6 Å². The molecule has 4 nitrogen and oxygen atoms in total. The molecule has 0 spiro atoms. The van der Waals surface area contributed by atoms with E-state index in [1.54, 1.807) is 0 Å². The Morgan fingerprint density at radius 2 is 1.92 bits per heavy atom. The largest absolute Gasteiger partial charge is 0.511 e. The lowest BCUT2D eigenvalue weighted by Crippen LogP contribution is -2.39. The van der Waals surface area contributed by atoms with Gasteiger partial charge in [-0.3, -0.25) is 0 Å². The Morgan fingerprint density at radius 1 is 1.50 bits per heavy atom. The van der Waals surface area contributed by atoms with E-state index in [2.05, 4.69) is 0 Å². The molecule has 0 saturated carbocycles. The van der Waals surface area contributed by atoms with Crippen LogP contribution in [0.25, 0.3) is 0 Å². The summed E-state index contributed by atoms with van der Waals surface area (Å²) in [5.41, 5.74) is -5.32. The minimum absolute atomic E-state index is 0.651.